The summed E-state index contributed by atoms with van der Waals surface area (Å²) in [6, 6.07) is 8.55. The van der Waals surface area contributed by atoms with Gasteiger partial charge >= 0.3 is 0 Å². The first kappa shape index (κ1) is 17.1. The van der Waals surface area contributed by atoms with E-state index in [1.165, 1.54) is 11.1 Å². The fourth-order valence-electron chi connectivity index (χ4n) is 1.10. The molecule has 0 bridgehead atoms. The minimum absolute atomic E-state index is 0. The summed E-state index contributed by atoms with van der Waals surface area (Å²) in [5, 5.41) is 0. The van der Waals surface area contributed by atoms with E-state index in [1.54, 1.807) is 0 Å². The number of allylic oxidation sites excluding steroid dienone is 3. The van der Waals surface area contributed by atoms with Gasteiger partial charge in [0.2, 0.25) is 0 Å². The topological polar surface area (TPSA) is 35.0 Å². The van der Waals surface area contributed by atoms with Gasteiger partial charge in [0.1, 0.15) is 0 Å². The molecule has 3 N–H and O–H groups in total. The molecule has 1 aromatic carbocycles. The van der Waals surface area contributed by atoms with Crippen LogP contribution in [-0.4, -0.2) is 0 Å². The van der Waals surface area contributed by atoms with Crippen molar-refractivity contribution in [2.24, 2.45) is 0 Å². The van der Waals surface area contributed by atoms with Crippen molar-refractivity contribution in [3.05, 3.63) is 53.6 Å². The summed E-state index contributed by atoms with van der Waals surface area (Å²) in [4.78, 5) is 0. The maximum Gasteiger partial charge on any atom is -0.0166 e. The minimum atomic E-state index is 0. The van der Waals surface area contributed by atoms with E-state index >= 15 is 0 Å². The highest BCUT2D eigenvalue weighted by atomic mass is 14.0. The van der Waals surface area contributed by atoms with Crippen LogP contribution in [0.2, 0.25) is 0 Å². The van der Waals surface area contributed by atoms with Gasteiger partial charge in [-0.2, -0.15) is 0 Å². The third-order valence-corrected chi connectivity index (χ3v) is 1.90. The maximum atomic E-state index is 2.17. The first-order valence-electron chi connectivity index (χ1n) is 5.67. The van der Waals surface area contributed by atoms with Crippen molar-refractivity contribution < 1.29 is 0 Å². The first-order chi connectivity index (χ1) is 7.33. The summed E-state index contributed by atoms with van der Waals surface area (Å²) in [7, 11) is 0. The molecule has 0 aliphatic carbocycles. The zero-order valence-electron chi connectivity index (χ0n) is 11.0. The molecule has 1 aromatic rings. The molecule has 0 unspecified atom stereocenters. The Labute approximate surface area is 100 Å². The third kappa shape index (κ3) is 8.01. The molecule has 16 heavy (non-hydrogen) atoms. The Morgan fingerprint density at radius 3 is 2.06 bits per heavy atom. The van der Waals surface area contributed by atoms with Crippen molar-refractivity contribution >= 4 is 6.08 Å². The second kappa shape index (κ2) is 11.7. The average Bonchev–Trinajstić information content (AvgIpc) is 2.30. The predicted molar refractivity (Wildman–Crippen MR) is 76.0 cm³/mol. The van der Waals surface area contributed by atoms with Gasteiger partial charge in [0.15, 0.2) is 0 Å². The van der Waals surface area contributed by atoms with E-state index < -0.39 is 0 Å². The van der Waals surface area contributed by atoms with Crippen LogP contribution in [0.15, 0.2) is 42.5 Å². The third-order valence-electron chi connectivity index (χ3n) is 1.90. The number of aryl methyl sites for hydroxylation is 1. The zero-order valence-corrected chi connectivity index (χ0v) is 11.0. The highest BCUT2D eigenvalue weighted by molar-refractivity contribution is 5.49. The van der Waals surface area contributed by atoms with Crippen molar-refractivity contribution in [2.45, 2.75) is 34.1 Å². The van der Waals surface area contributed by atoms with Crippen molar-refractivity contribution in [3.63, 3.8) is 0 Å². The SMILES string of the molecule is CC.CC=CCC=Cc1ccc(C)cc1.N. The van der Waals surface area contributed by atoms with Gasteiger partial charge in [-0.05, 0) is 25.8 Å². The Morgan fingerprint density at radius 1 is 1.00 bits per heavy atom. The molecule has 90 valence electrons. The van der Waals surface area contributed by atoms with E-state index in [9.17, 15) is 0 Å². The number of rotatable bonds is 3. The molecule has 0 spiro atoms. The Morgan fingerprint density at radius 2 is 1.56 bits per heavy atom. The molecule has 0 heterocycles. The molecule has 0 aromatic heterocycles. The van der Waals surface area contributed by atoms with Gasteiger partial charge in [-0.15, -0.1) is 0 Å². The lowest BCUT2D eigenvalue weighted by Crippen LogP contribution is -1.72. The predicted octanol–water partition coefficient (Wildman–Crippen LogP) is 5.16. The zero-order chi connectivity index (χ0) is 11.5. The molecule has 1 rings (SSSR count). The summed E-state index contributed by atoms with van der Waals surface area (Å²) in [6.45, 7) is 8.15. The van der Waals surface area contributed by atoms with Crippen LogP contribution in [0.3, 0.4) is 0 Å². The first-order valence-corrected chi connectivity index (χ1v) is 5.67. The summed E-state index contributed by atoms with van der Waals surface area (Å²) in [6.07, 6.45) is 9.55. The maximum absolute atomic E-state index is 2.17. The van der Waals surface area contributed by atoms with Crippen LogP contribution in [0.4, 0.5) is 0 Å². The normalized spacial score (nSPS) is 9.75. The number of hydrogen-bond acceptors (Lipinski definition) is 1. The lowest BCUT2D eigenvalue weighted by atomic mass is 10.1. The van der Waals surface area contributed by atoms with Crippen LogP contribution in [0.25, 0.3) is 6.08 Å². The molecule has 0 aliphatic rings. The summed E-state index contributed by atoms with van der Waals surface area (Å²) in [5.41, 5.74) is 2.58. The van der Waals surface area contributed by atoms with E-state index in [1.807, 2.05) is 20.8 Å². The van der Waals surface area contributed by atoms with Gasteiger partial charge in [0.25, 0.3) is 0 Å². The van der Waals surface area contributed by atoms with Gasteiger partial charge in [-0.25, -0.2) is 0 Å². The van der Waals surface area contributed by atoms with E-state index in [2.05, 4.69) is 55.5 Å². The molecule has 0 atom stereocenters. The fraction of sp³-hybridized carbons (Fsp3) is 0.333. The fourth-order valence-corrected chi connectivity index (χ4v) is 1.10. The quantitative estimate of drug-likeness (QED) is 0.700. The summed E-state index contributed by atoms with van der Waals surface area (Å²) >= 11 is 0. The van der Waals surface area contributed by atoms with E-state index in [4.69, 9.17) is 0 Å². The Kier molecular flexibility index (Phi) is 12.5. The second-order valence-electron chi connectivity index (χ2n) is 3.12. The van der Waals surface area contributed by atoms with E-state index in [0.29, 0.717) is 0 Å². The van der Waals surface area contributed by atoms with Gasteiger partial charge in [0, 0.05) is 0 Å². The molecular weight excluding hydrogens is 194 g/mol. The van der Waals surface area contributed by atoms with Crippen LogP contribution in [0.1, 0.15) is 38.3 Å². The van der Waals surface area contributed by atoms with Crippen molar-refractivity contribution in [3.8, 4) is 0 Å². The van der Waals surface area contributed by atoms with Crippen LogP contribution in [-0.2, 0) is 0 Å². The Hall–Kier alpha value is -1.34. The average molecular weight is 219 g/mol. The molecule has 0 saturated carbocycles. The van der Waals surface area contributed by atoms with Gasteiger partial charge in [-0.1, -0.05) is 68.0 Å². The smallest absolute Gasteiger partial charge is 0.0166 e. The van der Waals surface area contributed by atoms with Crippen LogP contribution in [0, 0.1) is 6.92 Å². The standard InChI is InChI=1S/C13H16.C2H6.H3N/c1-3-4-5-6-7-13-10-8-12(2)9-11-13;1-2;/h3-4,6-11H,5H2,1-2H3;1-2H3;1H3. The highest BCUT2D eigenvalue weighted by Gasteiger charge is 1.84. The molecule has 0 aliphatic heterocycles. The Bertz CT molecular complexity index is 294. The number of benzene rings is 1. The molecule has 1 nitrogen and oxygen atoms in total. The lowest BCUT2D eigenvalue weighted by Gasteiger charge is -1.93. The van der Waals surface area contributed by atoms with E-state index in [0.717, 1.165) is 6.42 Å². The summed E-state index contributed by atoms with van der Waals surface area (Å²) < 4.78 is 0. The van der Waals surface area contributed by atoms with Crippen molar-refractivity contribution in [2.75, 3.05) is 0 Å². The number of hydrogen-bond donors (Lipinski definition) is 1. The molecule has 0 radical (unpaired) electrons. The molecule has 0 saturated heterocycles. The van der Waals surface area contributed by atoms with Crippen LogP contribution >= 0.6 is 0 Å². The lowest BCUT2D eigenvalue weighted by molar-refractivity contribution is 1.39. The highest BCUT2D eigenvalue weighted by Crippen LogP contribution is 2.05. The van der Waals surface area contributed by atoms with Crippen molar-refractivity contribution in [1.29, 1.82) is 0 Å². The molecule has 0 amide bonds. The Balaban J connectivity index is 0. The molecule has 1 heteroatoms. The largest absolute Gasteiger partial charge is 0.344 e. The monoisotopic (exact) mass is 219 g/mol. The van der Waals surface area contributed by atoms with Gasteiger partial charge in [0.05, 0.1) is 0 Å². The van der Waals surface area contributed by atoms with Crippen molar-refractivity contribution in [1.82, 2.24) is 6.15 Å². The van der Waals surface area contributed by atoms with Crippen LogP contribution in [0.5, 0.6) is 0 Å². The molecule has 0 fully saturated rings. The molecular formula is C15H25N. The summed E-state index contributed by atoms with van der Waals surface area (Å²) in [5.74, 6) is 0. The van der Waals surface area contributed by atoms with Crippen LogP contribution < -0.4 is 6.15 Å². The minimum Gasteiger partial charge on any atom is -0.344 e. The van der Waals surface area contributed by atoms with E-state index in [-0.39, 0.29) is 6.15 Å². The van der Waals surface area contributed by atoms with Gasteiger partial charge < -0.3 is 6.15 Å². The van der Waals surface area contributed by atoms with Gasteiger partial charge in [-0.3, -0.25) is 0 Å². The second-order valence-corrected chi connectivity index (χ2v) is 3.12.